The highest BCUT2D eigenvalue weighted by Crippen LogP contribution is 2.27. The molecule has 3 aromatic rings. The van der Waals surface area contributed by atoms with Gasteiger partial charge in [0, 0.05) is 29.9 Å². The van der Waals surface area contributed by atoms with Gasteiger partial charge < -0.3 is 5.32 Å². The van der Waals surface area contributed by atoms with Gasteiger partial charge in [0.15, 0.2) is 5.82 Å². The van der Waals surface area contributed by atoms with E-state index >= 15 is 0 Å². The predicted octanol–water partition coefficient (Wildman–Crippen LogP) is 4.20. The van der Waals surface area contributed by atoms with Gasteiger partial charge in [0.1, 0.15) is 11.5 Å². The van der Waals surface area contributed by atoms with Gasteiger partial charge in [-0.3, -0.25) is 9.78 Å². The summed E-state index contributed by atoms with van der Waals surface area (Å²) in [6.45, 7) is 4.22. The van der Waals surface area contributed by atoms with E-state index in [1.54, 1.807) is 16.8 Å². The lowest BCUT2D eigenvalue weighted by atomic mass is 10.1. The van der Waals surface area contributed by atoms with Crippen LogP contribution in [0.15, 0.2) is 36.5 Å². The Morgan fingerprint density at radius 2 is 2.00 bits per heavy atom. The lowest BCUT2D eigenvalue weighted by molar-refractivity contribution is -0.141. The van der Waals surface area contributed by atoms with Crippen LogP contribution in [0.2, 0.25) is 5.02 Å². The minimum absolute atomic E-state index is 0.0477. The van der Waals surface area contributed by atoms with Gasteiger partial charge in [-0.05, 0) is 55.3 Å². The first-order valence-corrected chi connectivity index (χ1v) is 9.54. The van der Waals surface area contributed by atoms with E-state index in [1.165, 1.54) is 6.07 Å². The zero-order chi connectivity index (χ0) is 21.9. The number of aryl methyl sites for hydroxylation is 2. The van der Waals surface area contributed by atoms with Gasteiger partial charge >= 0.3 is 6.18 Å². The molecule has 0 radical (unpaired) electrons. The second kappa shape index (κ2) is 8.83. The normalized spacial score (nSPS) is 11.5. The number of hydrogen-bond acceptors (Lipinski definition) is 4. The van der Waals surface area contributed by atoms with Crippen molar-refractivity contribution in [2.24, 2.45) is 0 Å². The molecule has 10 heteroatoms. The zero-order valence-electron chi connectivity index (χ0n) is 16.3. The van der Waals surface area contributed by atoms with Crippen molar-refractivity contribution in [2.45, 2.75) is 39.5 Å². The molecular weight excluding hydrogens is 419 g/mol. The Kier molecular flexibility index (Phi) is 6.40. The molecule has 30 heavy (non-hydrogen) atoms. The lowest BCUT2D eigenvalue weighted by Gasteiger charge is -2.09. The van der Waals surface area contributed by atoms with Gasteiger partial charge in [0.2, 0.25) is 5.91 Å². The van der Waals surface area contributed by atoms with Crippen LogP contribution in [0.1, 0.15) is 29.6 Å². The minimum atomic E-state index is -4.53. The average molecular weight is 438 g/mol. The number of carbonyl (C=O) groups excluding carboxylic acids is 1. The van der Waals surface area contributed by atoms with Crippen LogP contribution in [0.4, 0.5) is 13.2 Å². The van der Waals surface area contributed by atoms with Gasteiger partial charge in [0.05, 0.1) is 6.42 Å². The molecule has 0 aliphatic rings. The van der Waals surface area contributed by atoms with Crippen molar-refractivity contribution in [3.05, 3.63) is 64.2 Å². The molecule has 1 N–H and O–H groups in total. The second-order valence-corrected chi connectivity index (χ2v) is 7.04. The first-order chi connectivity index (χ1) is 14.2. The maximum absolute atomic E-state index is 12.8. The lowest BCUT2D eigenvalue weighted by Crippen LogP contribution is -2.26. The van der Waals surface area contributed by atoms with E-state index in [0.717, 1.165) is 23.4 Å². The van der Waals surface area contributed by atoms with Crippen molar-refractivity contribution in [1.82, 2.24) is 25.1 Å². The number of halogens is 4. The Morgan fingerprint density at radius 1 is 1.23 bits per heavy atom. The Morgan fingerprint density at radius 3 is 2.67 bits per heavy atom. The molecule has 0 spiro atoms. The molecule has 0 atom stereocenters. The Hall–Kier alpha value is -2.94. The first kappa shape index (κ1) is 21.8. The van der Waals surface area contributed by atoms with E-state index < -0.39 is 11.9 Å². The van der Waals surface area contributed by atoms with Gasteiger partial charge in [-0.1, -0.05) is 11.6 Å². The smallest absolute Gasteiger partial charge is 0.352 e. The molecule has 1 aromatic carbocycles. The van der Waals surface area contributed by atoms with Crippen LogP contribution in [0, 0.1) is 6.92 Å². The van der Waals surface area contributed by atoms with Crippen LogP contribution in [0.25, 0.3) is 11.4 Å². The summed E-state index contributed by atoms with van der Waals surface area (Å²) in [7, 11) is 0. The summed E-state index contributed by atoms with van der Waals surface area (Å²) in [6.07, 6.45) is -3.52. The molecular formula is C20H19ClF3N5O. The van der Waals surface area contributed by atoms with E-state index in [-0.39, 0.29) is 18.9 Å². The Bertz CT molecular complexity index is 1060. The van der Waals surface area contributed by atoms with Crippen molar-refractivity contribution in [3.63, 3.8) is 0 Å². The van der Waals surface area contributed by atoms with Crippen molar-refractivity contribution in [1.29, 1.82) is 0 Å². The summed E-state index contributed by atoms with van der Waals surface area (Å²) < 4.78 is 39.9. The average Bonchev–Trinajstić information content (AvgIpc) is 3.11. The third kappa shape index (κ3) is 5.15. The topological polar surface area (TPSA) is 72.7 Å². The number of aromatic nitrogens is 4. The largest absolute Gasteiger partial charge is 0.433 e. The summed E-state index contributed by atoms with van der Waals surface area (Å²) in [6, 6.07) is 7.76. The molecule has 0 aliphatic heterocycles. The van der Waals surface area contributed by atoms with E-state index in [4.69, 9.17) is 11.6 Å². The molecule has 0 bridgehead atoms. The number of nitrogens with one attached hydrogen (secondary N) is 1. The molecule has 0 unspecified atom stereocenters. The number of alkyl halides is 3. The van der Waals surface area contributed by atoms with Crippen LogP contribution in [0.5, 0.6) is 0 Å². The van der Waals surface area contributed by atoms with Crippen molar-refractivity contribution < 1.29 is 18.0 Å². The van der Waals surface area contributed by atoms with Crippen molar-refractivity contribution >= 4 is 17.5 Å². The molecule has 0 saturated carbocycles. The quantitative estimate of drug-likeness (QED) is 0.627. The van der Waals surface area contributed by atoms with E-state index in [1.807, 2.05) is 19.9 Å². The predicted molar refractivity (Wildman–Crippen MR) is 106 cm³/mol. The van der Waals surface area contributed by atoms with Crippen LogP contribution in [-0.4, -0.2) is 25.7 Å². The molecule has 0 fully saturated rings. The van der Waals surface area contributed by atoms with Crippen LogP contribution in [-0.2, 0) is 30.5 Å². The number of benzene rings is 1. The number of pyridine rings is 1. The number of hydrogen-bond donors (Lipinski definition) is 1. The van der Waals surface area contributed by atoms with Gasteiger partial charge in [0.25, 0.3) is 0 Å². The fourth-order valence-electron chi connectivity index (χ4n) is 2.81. The maximum Gasteiger partial charge on any atom is 0.433 e. The molecule has 6 nitrogen and oxygen atoms in total. The van der Waals surface area contributed by atoms with Crippen LogP contribution >= 0.6 is 11.6 Å². The van der Waals surface area contributed by atoms with Gasteiger partial charge in [-0.25, -0.2) is 9.67 Å². The van der Waals surface area contributed by atoms with Crippen LogP contribution in [0.3, 0.4) is 0 Å². The van der Waals surface area contributed by atoms with E-state index in [0.29, 0.717) is 28.8 Å². The summed E-state index contributed by atoms with van der Waals surface area (Å²) >= 11 is 6.06. The number of rotatable bonds is 6. The fraction of sp³-hybridized carbons (Fsp3) is 0.300. The number of amides is 1. The summed E-state index contributed by atoms with van der Waals surface area (Å²) in [4.78, 5) is 20.1. The SMILES string of the molecule is CCn1nc(-c2ccc(Cl)c(C)c2)nc1CC(=O)NCc1ccnc(C(F)(F)F)c1. The Labute approximate surface area is 176 Å². The zero-order valence-corrected chi connectivity index (χ0v) is 17.1. The summed E-state index contributed by atoms with van der Waals surface area (Å²) in [5.41, 5.74) is 0.974. The highest BCUT2D eigenvalue weighted by Gasteiger charge is 2.32. The number of nitrogens with zero attached hydrogens (tertiary/aromatic N) is 4. The molecule has 158 valence electrons. The van der Waals surface area contributed by atoms with Crippen LogP contribution < -0.4 is 5.32 Å². The maximum atomic E-state index is 12.8. The molecule has 0 saturated heterocycles. The molecule has 1 amide bonds. The van der Waals surface area contributed by atoms with E-state index in [9.17, 15) is 18.0 Å². The third-order valence-electron chi connectivity index (χ3n) is 4.39. The first-order valence-electron chi connectivity index (χ1n) is 9.16. The minimum Gasteiger partial charge on any atom is -0.352 e. The molecule has 0 aliphatic carbocycles. The summed E-state index contributed by atoms with van der Waals surface area (Å²) in [5, 5.41) is 7.68. The second-order valence-electron chi connectivity index (χ2n) is 6.63. The monoisotopic (exact) mass is 437 g/mol. The fourth-order valence-corrected chi connectivity index (χ4v) is 2.93. The number of carbonyl (C=O) groups is 1. The highest BCUT2D eigenvalue weighted by atomic mass is 35.5. The third-order valence-corrected chi connectivity index (χ3v) is 4.81. The van der Waals surface area contributed by atoms with Crippen molar-refractivity contribution in [3.8, 4) is 11.4 Å². The standard InChI is InChI=1S/C20H19ClF3N5O/c1-3-29-17(27-19(28-29)14-4-5-15(21)12(2)8-14)10-18(30)26-11-13-6-7-25-16(9-13)20(22,23)24/h4-9H,3,10-11H2,1-2H3,(H,26,30). The Balaban J connectivity index is 1.69. The highest BCUT2D eigenvalue weighted by molar-refractivity contribution is 6.31. The molecule has 2 heterocycles. The molecule has 3 rings (SSSR count). The summed E-state index contributed by atoms with van der Waals surface area (Å²) in [5.74, 6) is 0.563. The molecule has 2 aromatic heterocycles. The van der Waals surface area contributed by atoms with Gasteiger partial charge in [-0.15, -0.1) is 0 Å². The van der Waals surface area contributed by atoms with E-state index in [2.05, 4.69) is 20.4 Å². The van der Waals surface area contributed by atoms with Gasteiger partial charge in [-0.2, -0.15) is 18.3 Å². The van der Waals surface area contributed by atoms with Crippen molar-refractivity contribution in [2.75, 3.05) is 0 Å².